The van der Waals surface area contributed by atoms with Crippen molar-refractivity contribution in [1.82, 2.24) is 4.98 Å². The lowest BCUT2D eigenvalue weighted by Crippen LogP contribution is -1.98. The van der Waals surface area contributed by atoms with Gasteiger partial charge < -0.3 is 11.1 Å². The summed E-state index contributed by atoms with van der Waals surface area (Å²) < 4.78 is 1.14. The summed E-state index contributed by atoms with van der Waals surface area (Å²) in [5.74, 6) is 0. The first-order chi connectivity index (χ1) is 6.79. The Labute approximate surface area is 87.0 Å². The van der Waals surface area contributed by atoms with Gasteiger partial charge in [0.15, 0.2) is 5.13 Å². The molecule has 74 valence electrons. The molecular formula is C10H13N3S. The van der Waals surface area contributed by atoms with E-state index >= 15 is 0 Å². The Kier molecular flexibility index (Phi) is 2.54. The van der Waals surface area contributed by atoms with Gasteiger partial charge in [-0.1, -0.05) is 18.3 Å². The van der Waals surface area contributed by atoms with Crippen LogP contribution in [0.1, 0.15) is 13.3 Å². The van der Waals surface area contributed by atoms with Crippen LogP contribution in [0.25, 0.3) is 10.2 Å². The molecule has 0 unspecified atom stereocenters. The van der Waals surface area contributed by atoms with Gasteiger partial charge in [-0.05, 0) is 24.6 Å². The van der Waals surface area contributed by atoms with Gasteiger partial charge in [-0.2, -0.15) is 0 Å². The lowest BCUT2D eigenvalue weighted by atomic mass is 10.3. The topological polar surface area (TPSA) is 50.9 Å². The number of nitrogens with one attached hydrogen (secondary N) is 1. The minimum absolute atomic E-state index is 0.632. The number of aromatic nitrogens is 1. The number of nitrogen functional groups attached to an aromatic ring is 1. The van der Waals surface area contributed by atoms with E-state index in [1.807, 2.05) is 12.1 Å². The molecule has 0 aliphatic rings. The fourth-order valence-electron chi connectivity index (χ4n) is 1.32. The third kappa shape index (κ3) is 1.80. The molecule has 1 heterocycles. The van der Waals surface area contributed by atoms with Crippen LogP contribution in [-0.2, 0) is 0 Å². The Bertz CT molecular complexity index is 436. The number of fused-ring (bicyclic) bond motifs is 1. The molecule has 0 atom stereocenters. The van der Waals surface area contributed by atoms with Gasteiger partial charge >= 0.3 is 0 Å². The second kappa shape index (κ2) is 3.84. The molecule has 0 amide bonds. The number of hydrogen-bond acceptors (Lipinski definition) is 4. The van der Waals surface area contributed by atoms with Crippen molar-refractivity contribution in [3.63, 3.8) is 0 Å². The van der Waals surface area contributed by atoms with E-state index in [4.69, 9.17) is 5.73 Å². The SMILES string of the molecule is CCCNc1ccc2nc(N)sc2c1. The van der Waals surface area contributed by atoms with Gasteiger partial charge in [0.05, 0.1) is 10.2 Å². The quantitative estimate of drug-likeness (QED) is 0.813. The van der Waals surface area contributed by atoms with E-state index in [0.29, 0.717) is 5.13 Å². The van der Waals surface area contributed by atoms with Crippen molar-refractivity contribution in [2.24, 2.45) is 0 Å². The zero-order valence-electron chi connectivity index (χ0n) is 8.08. The van der Waals surface area contributed by atoms with Crippen LogP contribution in [-0.4, -0.2) is 11.5 Å². The van der Waals surface area contributed by atoms with Crippen molar-refractivity contribution in [3.8, 4) is 0 Å². The Morgan fingerprint density at radius 3 is 3.14 bits per heavy atom. The van der Waals surface area contributed by atoms with Gasteiger partial charge in [0.2, 0.25) is 0 Å². The fourth-order valence-corrected chi connectivity index (χ4v) is 2.10. The van der Waals surface area contributed by atoms with Crippen molar-refractivity contribution in [2.45, 2.75) is 13.3 Å². The van der Waals surface area contributed by atoms with Crippen molar-refractivity contribution in [1.29, 1.82) is 0 Å². The Balaban J connectivity index is 2.31. The van der Waals surface area contributed by atoms with Crippen LogP contribution in [0.15, 0.2) is 18.2 Å². The molecule has 0 radical (unpaired) electrons. The van der Waals surface area contributed by atoms with Gasteiger partial charge in [0, 0.05) is 12.2 Å². The molecule has 1 aromatic heterocycles. The largest absolute Gasteiger partial charge is 0.385 e. The van der Waals surface area contributed by atoms with E-state index < -0.39 is 0 Å². The highest BCUT2D eigenvalue weighted by Crippen LogP contribution is 2.26. The molecule has 14 heavy (non-hydrogen) atoms. The third-order valence-electron chi connectivity index (χ3n) is 1.98. The van der Waals surface area contributed by atoms with E-state index in [1.165, 1.54) is 11.3 Å². The Morgan fingerprint density at radius 1 is 1.50 bits per heavy atom. The third-order valence-corrected chi connectivity index (χ3v) is 2.83. The summed E-state index contributed by atoms with van der Waals surface area (Å²) in [6, 6.07) is 6.14. The molecule has 2 rings (SSSR count). The maximum atomic E-state index is 5.63. The van der Waals surface area contributed by atoms with Crippen LogP contribution in [0.3, 0.4) is 0 Å². The first-order valence-electron chi connectivity index (χ1n) is 4.69. The minimum atomic E-state index is 0.632. The molecule has 0 bridgehead atoms. The summed E-state index contributed by atoms with van der Waals surface area (Å²) in [5, 5.41) is 3.97. The van der Waals surface area contributed by atoms with E-state index in [1.54, 1.807) is 0 Å². The lowest BCUT2D eigenvalue weighted by Gasteiger charge is -2.03. The highest BCUT2D eigenvalue weighted by Gasteiger charge is 2.00. The predicted molar refractivity (Wildman–Crippen MR) is 62.8 cm³/mol. The van der Waals surface area contributed by atoms with Gasteiger partial charge in [-0.15, -0.1) is 0 Å². The summed E-state index contributed by atoms with van der Waals surface area (Å²) in [4.78, 5) is 4.20. The number of nitrogens with two attached hydrogens (primary N) is 1. The molecule has 1 aromatic carbocycles. The number of anilines is 2. The van der Waals surface area contributed by atoms with Crippen LogP contribution >= 0.6 is 11.3 Å². The fraction of sp³-hybridized carbons (Fsp3) is 0.300. The number of nitrogens with zero attached hydrogens (tertiary/aromatic N) is 1. The van der Waals surface area contributed by atoms with E-state index in [2.05, 4.69) is 23.3 Å². The highest BCUT2D eigenvalue weighted by molar-refractivity contribution is 7.22. The number of benzene rings is 1. The summed E-state index contributed by atoms with van der Waals surface area (Å²) in [6.07, 6.45) is 1.13. The van der Waals surface area contributed by atoms with Crippen molar-refractivity contribution in [2.75, 3.05) is 17.6 Å². The number of thiazole rings is 1. The van der Waals surface area contributed by atoms with Crippen molar-refractivity contribution in [3.05, 3.63) is 18.2 Å². The normalized spacial score (nSPS) is 10.6. The van der Waals surface area contributed by atoms with Crippen LogP contribution in [0, 0.1) is 0 Å². The smallest absolute Gasteiger partial charge is 0.181 e. The maximum absolute atomic E-state index is 5.63. The second-order valence-corrected chi connectivity index (χ2v) is 4.22. The predicted octanol–water partition coefficient (Wildman–Crippen LogP) is 2.70. The van der Waals surface area contributed by atoms with Crippen LogP contribution in [0.4, 0.5) is 10.8 Å². The van der Waals surface area contributed by atoms with Gasteiger partial charge in [-0.3, -0.25) is 0 Å². The van der Waals surface area contributed by atoms with Gasteiger partial charge in [0.1, 0.15) is 0 Å². The number of hydrogen-bond donors (Lipinski definition) is 2. The molecule has 0 saturated heterocycles. The average molecular weight is 207 g/mol. The summed E-state index contributed by atoms with van der Waals surface area (Å²) in [5.41, 5.74) is 7.75. The molecule has 3 N–H and O–H groups in total. The monoisotopic (exact) mass is 207 g/mol. The van der Waals surface area contributed by atoms with Crippen LogP contribution < -0.4 is 11.1 Å². The molecule has 4 heteroatoms. The zero-order chi connectivity index (χ0) is 9.97. The van der Waals surface area contributed by atoms with Crippen LogP contribution in [0.2, 0.25) is 0 Å². The molecule has 0 saturated carbocycles. The molecule has 0 aliphatic heterocycles. The maximum Gasteiger partial charge on any atom is 0.181 e. The molecule has 0 spiro atoms. The minimum Gasteiger partial charge on any atom is -0.385 e. The van der Waals surface area contributed by atoms with E-state index in [0.717, 1.165) is 28.9 Å². The van der Waals surface area contributed by atoms with E-state index in [9.17, 15) is 0 Å². The first-order valence-corrected chi connectivity index (χ1v) is 5.51. The highest BCUT2D eigenvalue weighted by atomic mass is 32.1. The summed E-state index contributed by atoms with van der Waals surface area (Å²) in [7, 11) is 0. The number of rotatable bonds is 3. The molecular weight excluding hydrogens is 194 g/mol. The van der Waals surface area contributed by atoms with Crippen molar-refractivity contribution >= 4 is 32.4 Å². The van der Waals surface area contributed by atoms with Gasteiger partial charge in [0.25, 0.3) is 0 Å². The second-order valence-electron chi connectivity index (χ2n) is 3.16. The Hall–Kier alpha value is -1.29. The molecule has 3 nitrogen and oxygen atoms in total. The zero-order valence-corrected chi connectivity index (χ0v) is 8.90. The summed E-state index contributed by atoms with van der Waals surface area (Å²) in [6.45, 7) is 3.15. The molecule has 0 fully saturated rings. The van der Waals surface area contributed by atoms with Crippen LogP contribution in [0.5, 0.6) is 0 Å². The standard InChI is InChI=1S/C10H13N3S/c1-2-5-12-7-3-4-8-9(6-7)14-10(11)13-8/h3-4,6,12H,2,5H2,1H3,(H2,11,13). The van der Waals surface area contributed by atoms with Crippen molar-refractivity contribution < 1.29 is 0 Å². The molecule has 2 aromatic rings. The molecule has 0 aliphatic carbocycles. The average Bonchev–Trinajstić information content (AvgIpc) is 2.54. The first kappa shape index (κ1) is 9.27. The van der Waals surface area contributed by atoms with E-state index in [-0.39, 0.29) is 0 Å². The summed E-state index contributed by atoms with van der Waals surface area (Å²) >= 11 is 1.53. The lowest BCUT2D eigenvalue weighted by molar-refractivity contribution is 0.980. The Morgan fingerprint density at radius 2 is 2.36 bits per heavy atom. The van der Waals surface area contributed by atoms with Gasteiger partial charge in [-0.25, -0.2) is 4.98 Å².